The number of hydrogen-bond acceptors (Lipinski definition) is 3. The van der Waals surface area contributed by atoms with Crippen molar-refractivity contribution in [3.8, 4) is 0 Å². The fraction of sp³-hybridized carbons (Fsp3) is 0.650. The number of nitrogens with one attached hydrogen (secondary N) is 3. The Kier molecular flexibility index (Phi) is 8.38. The van der Waals surface area contributed by atoms with Gasteiger partial charge >= 0.3 is 0 Å². The zero-order valence-corrected chi connectivity index (χ0v) is 18.2. The minimum atomic E-state index is 0.153. The molecule has 5 nitrogen and oxygen atoms in total. The summed E-state index contributed by atoms with van der Waals surface area (Å²) in [5.74, 6) is 0.909. The topological polar surface area (TPSA) is 51.7 Å². The lowest BCUT2D eigenvalue weighted by molar-refractivity contribution is 0.198. The maximum absolute atomic E-state index is 4.36. The van der Waals surface area contributed by atoms with Gasteiger partial charge in [-0.1, -0.05) is 28.1 Å². The second-order valence-electron chi connectivity index (χ2n) is 8.00. The van der Waals surface area contributed by atoms with Crippen LogP contribution in [0, 0.1) is 0 Å². The van der Waals surface area contributed by atoms with Crippen molar-refractivity contribution in [2.75, 3.05) is 33.2 Å². The number of nitrogens with zero attached hydrogens (tertiary/aromatic N) is 2. The van der Waals surface area contributed by atoms with E-state index in [9.17, 15) is 0 Å². The number of halogens is 1. The maximum atomic E-state index is 4.36. The molecule has 6 heteroatoms. The van der Waals surface area contributed by atoms with E-state index in [4.69, 9.17) is 0 Å². The van der Waals surface area contributed by atoms with E-state index in [1.54, 1.807) is 0 Å². The molecule has 1 fully saturated rings. The van der Waals surface area contributed by atoms with Crippen molar-refractivity contribution in [2.45, 2.75) is 51.7 Å². The summed E-state index contributed by atoms with van der Waals surface area (Å²) in [6.07, 6.45) is 2.30. The molecule has 146 valence electrons. The lowest BCUT2D eigenvalue weighted by Gasteiger charge is -2.33. The highest BCUT2D eigenvalue weighted by molar-refractivity contribution is 9.10. The van der Waals surface area contributed by atoms with E-state index < -0.39 is 0 Å². The van der Waals surface area contributed by atoms with Gasteiger partial charge < -0.3 is 16.0 Å². The molecule has 1 aromatic carbocycles. The van der Waals surface area contributed by atoms with Gasteiger partial charge in [0.1, 0.15) is 0 Å². The molecule has 0 atom stereocenters. The third kappa shape index (κ3) is 8.06. The van der Waals surface area contributed by atoms with Crippen LogP contribution >= 0.6 is 15.9 Å². The van der Waals surface area contributed by atoms with Gasteiger partial charge in [-0.05, 0) is 51.3 Å². The highest BCUT2D eigenvalue weighted by Gasteiger charge is 2.20. The number of piperidine rings is 1. The molecule has 0 saturated carbocycles. The summed E-state index contributed by atoms with van der Waals surface area (Å²) in [6.45, 7) is 11.6. The SMILES string of the molecule is CN=C(NCCNC(C)(C)C)NC1CCN(Cc2ccc(Br)cc2)CC1. The van der Waals surface area contributed by atoms with Crippen LogP contribution in [0.3, 0.4) is 0 Å². The summed E-state index contributed by atoms with van der Waals surface area (Å²) >= 11 is 3.50. The highest BCUT2D eigenvalue weighted by Crippen LogP contribution is 2.16. The summed E-state index contributed by atoms with van der Waals surface area (Å²) in [7, 11) is 1.84. The van der Waals surface area contributed by atoms with E-state index in [-0.39, 0.29) is 5.54 Å². The third-order valence-corrected chi connectivity index (χ3v) is 5.07. The fourth-order valence-electron chi connectivity index (χ4n) is 3.09. The average Bonchev–Trinajstić information content (AvgIpc) is 2.60. The molecule has 1 aromatic rings. The molecule has 0 spiro atoms. The second-order valence-corrected chi connectivity index (χ2v) is 8.91. The maximum Gasteiger partial charge on any atom is 0.191 e. The van der Waals surface area contributed by atoms with Crippen molar-refractivity contribution < 1.29 is 0 Å². The van der Waals surface area contributed by atoms with Crippen LogP contribution in [0.2, 0.25) is 0 Å². The Morgan fingerprint density at radius 1 is 1.15 bits per heavy atom. The molecule has 2 rings (SSSR count). The largest absolute Gasteiger partial charge is 0.355 e. The summed E-state index contributed by atoms with van der Waals surface area (Å²) in [4.78, 5) is 6.89. The molecule has 0 bridgehead atoms. The molecule has 0 aliphatic carbocycles. The van der Waals surface area contributed by atoms with Gasteiger partial charge in [-0.2, -0.15) is 0 Å². The Balaban J connectivity index is 1.67. The first-order valence-electron chi connectivity index (χ1n) is 9.55. The van der Waals surface area contributed by atoms with Gasteiger partial charge in [0.15, 0.2) is 5.96 Å². The Morgan fingerprint density at radius 3 is 2.38 bits per heavy atom. The lowest BCUT2D eigenvalue weighted by atomic mass is 10.0. The van der Waals surface area contributed by atoms with Crippen molar-refractivity contribution in [1.29, 1.82) is 0 Å². The normalized spacial score (nSPS) is 17.3. The van der Waals surface area contributed by atoms with Crippen LogP contribution in [-0.2, 0) is 6.54 Å². The first kappa shape index (κ1) is 21.2. The van der Waals surface area contributed by atoms with Crippen LogP contribution in [0.1, 0.15) is 39.2 Å². The minimum Gasteiger partial charge on any atom is -0.355 e. The summed E-state index contributed by atoms with van der Waals surface area (Å²) in [5.41, 5.74) is 1.53. The van der Waals surface area contributed by atoms with Gasteiger partial charge in [0, 0.05) is 55.8 Å². The number of benzene rings is 1. The predicted octanol–water partition coefficient (Wildman–Crippen LogP) is 2.97. The molecule has 1 aliphatic heterocycles. The van der Waals surface area contributed by atoms with E-state index >= 15 is 0 Å². The molecule has 1 saturated heterocycles. The van der Waals surface area contributed by atoms with Crippen molar-refractivity contribution >= 4 is 21.9 Å². The quantitative estimate of drug-likeness (QED) is 0.374. The zero-order chi connectivity index (χ0) is 19.0. The summed E-state index contributed by atoms with van der Waals surface area (Å²) in [5, 5.41) is 10.5. The third-order valence-electron chi connectivity index (χ3n) is 4.54. The lowest BCUT2D eigenvalue weighted by Crippen LogP contribution is -2.50. The number of likely N-dealkylation sites (tertiary alicyclic amines) is 1. The monoisotopic (exact) mass is 423 g/mol. The van der Waals surface area contributed by atoms with E-state index in [2.05, 4.69) is 86.8 Å². The minimum absolute atomic E-state index is 0.153. The van der Waals surface area contributed by atoms with Gasteiger partial charge in [0.25, 0.3) is 0 Å². The first-order chi connectivity index (χ1) is 12.4. The molecule has 0 amide bonds. The molecule has 0 radical (unpaired) electrons. The van der Waals surface area contributed by atoms with E-state index in [1.165, 1.54) is 5.56 Å². The predicted molar refractivity (Wildman–Crippen MR) is 115 cm³/mol. The molecule has 26 heavy (non-hydrogen) atoms. The second kappa shape index (κ2) is 10.3. The zero-order valence-electron chi connectivity index (χ0n) is 16.6. The molecule has 0 aromatic heterocycles. The molecule has 1 aliphatic rings. The molecular formula is C20H34BrN5. The molecule has 0 unspecified atom stereocenters. The van der Waals surface area contributed by atoms with Crippen LogP contribution in [0.4, 0.5) is 0 Å². The van der Waals surface area contributed by atoms with Crippen LogP contribution in [-0.4, -0.2) is 55.7 Å². The fourth-order valence-corrected chi connectivity index (χ4v) is 3.35. The van der Waals surface area contributed by atoms with Crippen molar-refractivity contribution in [2.24, 2.45) is 4.99 Å². The van der Waals surface area contributed by atoms with Gasteiger partial charge in [0.05, 0.1) is 0 Å². The number of rotatable bonds is 6. The average molecular weight is 424 g/mol. The molecular weight excluding hydrogens is 390 g/mol. The van der Waals surface area contributed by atoms with Gasteiger partial charge in [-0.25, -0.2) is 0 Å². The molecule has 3 N–H and O–H groups in total. The first-order valence-corrected chi connectivity index (χ1v) is 10.3. The smallest absolute Gasteiger partial charge is 0.191 e. The Hall–Kier alpha value is -1.11. The number of aliphatic imine (C=N–C) groups is 1. The highest BCUT2D eigenvalue weighted by atomic mass is 79.9. The molecule has 1 heterocycles. The van der Waals surface area contributed by atoms with Crippen molar-refractivity contribution in [3.05, 3.63) is 34.3 Å². The van der Waals surface area contributed by atoms with Crippen LogP contribution in [0.5, 0.6) is 0 Å². The number of guanidine groups is 1. The van der Waals surface area contributed by atoms with E-state index in [0.29, 0.717) is 6.04 Å². The Labute approximate surface area is 167 Å². The van der Waals surface area contributed by atoms with E-state index in [0.717, 1.165) is 56.0 Å². The van der Waals surface area contributed by atoms with Crippen molar-refractivity contribution in [1.82, 2.24) is 20.9 Å². The van der Waals surface area contributed by atoms with Crippen molar-refractivity contribution in [3.63, 3.8) is 0 Å². The number of hydrogen-bond donors (Lipinski definition) is 3. The van der Waals surface area contributed by atoms with Gasteiger partial charge in [-0.3, -0.25) is 9.89 Å². The summed E-state index contributed by atoms with van der Waals surface area (Å²) in [6, 6.07) is 9.14. The Bertz CT molecular complexity index is 557. The van der Waals surface area contributed by atoms with E-state index in [1.807, 2.05) is 7.05 Å². The van der Waals surface area contributed by atoms with Gasteiger partial charge in [-0.15, -0.1) is 0 Å². The van der Waals surface area contributed by atoms with Crippen LogP contribution in [0.15, 0.2) is 33.7 Å². The van der Waals surface area contributed by atoms with Gasteiger partial charge in [0.2, 0.25) is 0 Å². The van der Waals surface area contributed by atoms with Crippen LogP contribution < -0.4 is 16.0 Å². The summed E-state index contributed by atoms with van der Waals surface area (Å²) < 4.78 is 1.14. The Morgan fingerprint density at radius 2 is 1.81 bits per heavy atom. The standard InChI is InChI=1S/C20H34BrN5/c1-20(2,3)24-12-11-23-19(22-4)25-18-9-13-26(14-10-18)15-16-5-7-17(21)8-6-16/h5-8,18,24H,9-15H2,1-4H3,(H2,22,23,25). The van der Waals surface area contributed by atoms with Crippen LogP contribution in [0.25, 0.3) is 0 Å².